The summed E-state index contributed by atoms with van der Waals surface area (Å²) in [6.45, 7) is 0.00526. The summed E-state index contributed by atoms with van der Waals surface area (Å²) in [6, 6.07) is 11.8. The number of rotatable bonds is 7. The lowest BCUT2D eigenvalue weighted by Gasteiger charge is -2.25. The van der Waals surface area contributed by atoms with Gasteiger partial charge in [0.1, 0.15) is 23.8 Å². The van der Waals surface area contributed by atoms with E-state index in [1.807, 2.05) is 22.6 Å². The van der Waals surface area contributed by atoms with Crippen LogP contribution in [0.4, 0.5) is 9.18 Å². The van der Waals surface area contributed by atoms with Gasteiger partial charge in [-0.25, -0.2) is 9.18 Å². The summed E-state index contributed by atoms with van der Waals surface area (Å²) in [5, 5.41) is 2.17. The molecule has 8 nitrogen and oxygen atoms in total. The maximum Gasteiger partial charge on any atom is 0.331 e. The third kappa shape index (κ3) is 5.11. The van der Waals surface area contributed by atoms with Crippen LogP contribution < -0.4 is 14.8 Å². The number of nitrogens with zero attached hydrogens (tertiary/aromatic N) is 1. The molecule has 1 N–H and O–H groups in total. The zero-order chi connectivity index (χ0) is 24.2. The number of nitrogens with one attached hydrogen (secondary N) is 1. The molecule has 10 heteroatoms. The summed E-state index contributed by atoms with van der Waals surface area (Å²) < 4.78 is 30.6. The first-order chi connectivity index (χ1) is 16.4. The molecule has 34 heavy (non-hydrogen) atoms. The molecule has 0 spiro atoms. The van der Waals surface area contributed by atoms with E-state index in [1.165, 1.54) is 31.6 Å². The van der Waals surface area contributed by atoms with Crippen molar-refractivity contribution in [2.45, 2.75) is 13.2 Å². The number of ether oxygens (including phenoxy) is 2. The van der Waals surface area contributed by atoms with Crippen molar-refractivity contribution in [3.63, 3.8) is 0 Å². The van der Waals surface area contributed by atoms with E-state index in [0.717, 1.165) is 4.90 Å². The van der Waals surface area contributed by atoms with Crippen LogP contribution in [-0.4, -0.2) is 29.9 Å². The van der Waals surface area contributed by atoms with Crippen LogP contribution in [0.2, 0.25) is 0 Å². The molecule has 1 aromatic heterocycles. The Morgan fingerprint density at radius 2 is 1.97 bits per heavy atom. The van der Waals surface area contributed by atoms with E-state index in [9.17, 15) is 18.8 Å². The first kappa shape index (κ1) is 23.5. The van der Waals surface area contributed by atoms with Gasteiger partial charge in [-0.3, -0.25) is 19.8 Å². The number of carbonyl (C=O) groups excluding carboxylic acids is 3. The minimum atomic E-state index is -0.822. The van der Waals surface area contributed by atoms with Crippen molar-refractivity contribution in [2.75, 3.05) is 7.11 Å². The quantitative estimate of drug-likeness (QED) is 0.257. The lowest BCUT2D eigenvalue weighted by Crippen LogP contribution is -2.53. The number of methoxy groups -OCH3 is 1. The fourth-order valence-electron chi connectivity index (χ4n) is 3.31. The van der Waals surface area contributed by atoms with Crippen LogP contribution in [0.5, 0.6) is 11.5 Å². The summed E-state index contributed by atoms with van der Waals surface area (Å²) in [5.41, 5.74) is 0.928. The van der Waals surface area contributed by atoms with Gasteiger partial charge in [0.25, 0.3) is 11.8 Å². The lowest BCUT2D eigenvalue weighted by atomic mass is 10.1. The average Bonchev–Trinajstić information content (AvgIpc) is 3.32. The highest BCUT2D eigenvalue weighted by molar-refractivity contribution is 14.1. The SMILES string of the molecule is COc1cc(/C=C2\C(=O)NC(=O)N(Cc3ccco3)C2=O)cc(I)c1OCc1cccc(F)c1. The Hall–Kier alpha value is -3.67. The highest BCUT2D eigenvalue weighted by Gasteiger charge is 2.36. The Bertz CT molecular complexity index is 1290. The fourth-order valence-corrected chi connectivity index (χ4v) is 4.09. The van der Waals surface area contributed by atoms with Crippen molar-refractivity contribution in [2.24, 2.45) is 0 Å². The van der Waals surface area contributed by atoms with Gasteiger partial charge in [-0.15, -0.1) is 0 Å². The third-order valence-corrected chi connectivity index (χ3v) is 5.72. The molecule has 174 valence electrons. The lowest BCUT2D eigenvalue weighted by molar-refractivity contribution is -0.130. The molecule has 4 rings (SSSR count). The predicted molar refractivity (Wildman–Crippen MR) is 127 cm³/mol. The second kappa shape index (κ2) is 10.1. The number of halogens is 2. The highest BCUT2D eigenvalue weighted by Crippen LogP contribution is 2.35. The van der Waals surface area contributed by atoms with Gasteiger partial charge in [0.15, 0.2) is 11.5 Å². The highest BCUT2D eigenvalue weighted by atomic mass is 127. The van der Waals surface area contributed by atoms with Crippen molar-refractivity contribution in [3.8, 4) is 11.5 Å². The van der Waals surface area contributed by atoms with E-state index in [4.69, 9.17) is 13.9 Å². The summed E-state index contributed by atoms with van der Waals surface area (Å²) in [5.74, 6) is -0.712. The number of hydrogen-bond donors (Lipinski definition) is 1. The molecule has 0 aliphatic carbocycles. The van der Waals surface area contributed by atoms with E-state index in [1.54, 1.807) is 36.4 Å². The Balaban J connectivity index is 1.59. The maximum absolute atomic E-state index is 13.4. The van der Waals surface area contributed by atoms with E-state index in [-0.39, 0.29) is 24.5 Å². The number of urea groups is 1. The molecule has 0 saturated carbocycles. The number of barbiturate groups is 1. The van der Waals surface area contributed by atoms with Gasteiger partial charge in [0.2, 0.25) is 0 Å². The van der Waals surface area contributed by atoms with Gasteiger partial charge in [-0.1, -0.05) is 12.1 Å². The molecule has 1 aliphatic rings. The monoisotopic (exact) mass is 576 g/mol. The van der Waals surface area contributed by atoms with Crippen LogP contribution in [-0.2, 0) is 22.7 Å². The summed E-state index contributed by atoms with van der Waals surface area (Å²) in [4.78, 5) is 38.4. The fraction of sp³-hybridized carbons (Fsp3) is 0.125. The van der Waals surface area contributed by atoms with Gasteiger partial charge >= 0.3 is 6.03 Å². The number of imide groups is 2. The van der Waals surface area contributed by atoms with Gasteiger partial charge in [0, 0.05) is 0 Å². The largest absolute Gasteiger partial charge is 0.493 e. The second-order valence-corrected chi connectivity index (χ2v) is 8.40. The van der Waals surface area contributed by atoms with Crippen LogP contribution in [0.25, 0.3) is 6.08 Å². The molecule has 0 unspecified atom stereocenters. The zero-order valence-corrected chi connectivity index (χ0v) is 20.0. The first-order valence-corrected chi connectivity index (χ1v) is 11.1. The van der Waals surface area contributed by atoms with Crippen molar-refractivity contribution in [1.29, 1.82) is 0 Å². The Labute approximate surface area is 207 Å². The number of furan rings is 1. The molecule has 1 saturated heterocycles. The van der Waals surface area contributed by atoms with Crippen molar-refractivity contribution < 1.29 is 32.7 Å². The van der Waals surface area contributed by atoms with E-state index < -0.39 is 17.8 Å². The minimum Gasteiger partial charge on any atom is -0.493 e. The molecule has 1 fully saturated rings. The smallest absolute Gasteiger partial charge is 0.331 e. The summed E-state index contributed by atoms with van der Waals surface area (Å²) in [7, 11) is 1.46. The van der Waals surface area contributed by atoms with Crippen LogP contribution >= 0.6 is 22.6 Å². The Morgan fingerprint density at radius 1 is 1.15 bits per heavy atom. The van der Waals surface area contributed by atoms with Gasteiger partial charge in [0.05, 0.1) is 23.5 Å². The van der Waals surface area contributed by atoms with Crippen LogP contribution in [0, 0.1) is 9.39 Å². The number of hydrogen-bond acceptors (Lipinski definition) is 6. The number of carbonyl (C=O) groups is 3. The molecular formula is C24H18FIN2O6. The molecule has 3 aromatic rings. The third-order valence-electron chi connectivity index (χ3n) is 4.91. The normalized spacial score (nSPS) is 15.0. The topological polar surface area (TPSA) is 98.1 Å². The average molecular weight is 576 g/mol. The minimum absolute atomic E-state index is 0.115. The van der Waals surface area contributed by atoms with Gasteiger partial charge in [-0.05, 0) is 76.2 Å². The van der Waals surface area contributed by atoms with Crippen molar-refractivity contribution >= 4 is 46.5 Å². The Kier molecular flexibility index (Phi) is 6.96. The van der Waals surface area contributed by atoms with Crippen LogP contribution in [0.3, 0.4) is 0 Å². The molecule has 0 bridgehead atoms. The van der Waals surface area contributed by atoms with E-state index in [2.05, 4.69) is 5.32 Å². The molecule has 4 amide bonds. The molecular weight excluding hydrogens is 558 g/mol. The first-order valence-electron chi connectivity index (χ1n) is 10.0. The molecule has 2 aromatic carbocycles. The summed E-state index contributed by atoms with van der Waals surface area (Å²) >= 11 is 2.04. The van der Waals surface area contributed by atoms with E-state index >= 15 is 0 Å². The molecule has 0 atom stereocenters. The van der Waals surface area contributed by atoms with Crippen molar-refractivity contribution in [1.82, 2.24) is 10.2 Å². The molecule has 1 aliphatic heterocycles. The molecule has 0 radical (unpaired) electrons. The number of benzene rings is 2. The Morgan fingerprint density at radius 3 is 2.68 bits per heavy atom. The summed E-state index contributed by atoms with van der Waals surface area (Å²) in [6.07, 6.45) is 2.80. The standard InChI is InChI=1S/C24H18FIN2O6/c1-32-20-11-15(10-19(26)21(20)34-13-14-4-2-5-16(25)8-14)9-18-22(29)27-24(31)28(23(18)30)12-17-6-3-7-33-17/h2-11H,12-13H2,1H3,(H,27,29,31)/b18-9+. The predicted octanol–water partition coefficient (Wildman–Crippen LogP) is 4.27. The second-order valence-electron chi connectivity index (χ2n) is 7.24. The zero-order valence-electron chi connectivity index (χ0n) is 17.8. The van der Waals surface area contributed by atoms with E-state index in [0.29, 0.717) is 32.0 Å². The van der Waals surface area contributed by atoms with Crippen LogP contribution in [0.1, 0.15) is 16.9 Å². The maximum atomic E-state index is 13.4. The van der Waals surface area contributed by atoms with Crippen LogP contribution in [0.15, 0.2) is 64.8 Å². The number of amides is 4. The van der Waals surface area contributed by atoms with Gasteiger partial charge in [-0.2, -0.15) is 0 Å². The van der Waals surface area contributed by atoms with Gasteiger partial charge < -0.3 is 13.9 Å². The molecule has 2 heterocycles. The van der Waals surface area contributed by atoms with Crippen molar-refractivity contribution in [3.05, 3.63) is 86.6 Å².